The van der Waals surface area contributed by atoms with Gasteiger partial charge >= 0.3 is 0 Å². The molecule has 0 bridgehead atoms. The standard InChI is InChI=1S/C7H17N3O2S/c8-5-1-2-6-9-13(11,12)10-7-3-4-7/h7,9-10H,1-6,8H2. The molecule has 1 rings (SSSR count). The average Bonchev–Trinajstić information content (AvgIpc) is 2.81. The average molecular weight is 207 g/mol. The third kappa shape index (κ3) is 5.20. The van der Waals surface area contributed by atoms with Crippen LogP contribution in [0.2, 0.25) is 0 Å². The zero-order valence-corrected chi connectivity index (χ0v) is 8.44. The van der Waals surface area contributed by atoms with Crippen LogP contribution in [-0.4, -0.2) is 27.5 Å². The summed E-state index contributed by atoms with van der Waals surface area (Å²) in [5, 5.41) is 0. The van der Waals surface area contributed by atoms with E-state index in [1.165, 1.54) is 0 Å². The van der Waals surface area contributed by atoms with Gasteiger partial charge in [-0.05, 0) is 32.2 Å². The van der Waals surface area contributed by atoms with Gasteiger partial charge in [0.25, 0.3) is 10.2 Å². The third-order valence-corrected chi connectivity index (χ3v) is 3.05. The van der Waals surface area contributed by atoms with Crippen LogP contribution in [0.1, 0.15) is 25.7 Å². The van der Waals surface area contributed by atoms with Crippen LogP contribution in [0.4, 0.5) is 0 Å². The normalized spacial score (nSPS) is 17.6. The van der Waals surface area contributed by atoms with Crippen molar-refractivity contribution >= 4 is 10.2 Å². The summed E-state index contributed by atoms with van der Waals surface area (Å²) in [6.07, 6.45) is 3.57. The van der Waals surface area contributed by atoms with Crippen molar-refractivity contribution in [2.75, 3.05) is 13.1 Å². The molecule has 0 aromatic heterocycles. The molecule has 0 aromatic rings. The lowest BCUT2D eigenvalue weighted by molar-refractivity contribution is 0.562. The molecule has 1 aliphatic carbocycles. The second-order valence-corrected chi connectivity index (χ2v) is 4.82. The van der Waals surface area contributed by atoms with Crippen molar-refractivity contribution in [3.8, 4) is 0 Å². The van der Waals surface area contributed by atoms with Gasteiger partial charge in [0.1, 0.15) is 0 Å². The van der Waals surface area contributed by atoms with Crippen LogP contribution in [0, 0.1) is 0 Å². The first-order chi connectivity index (χ1) is 6.14. The molecule has 6 heteroatoms. The molecule has 0 spiro atoms. The highest BCUT2D eigenvalue weighted by Gasteiger charge is 2.26. The lowest BCUT2D eigenvalue weighted by Gasteiger charge is -2.06. The lowest BCUT2D eigenvalue weighted by Crippen LogP contribution is -2.38. The van der Waals surface area contributed by atoms with Crippen LogP contribution in [-0.2, 0) is 10.2 Å². The van der Waals surface area contributed by atoms with Crippen molar-refractivity contribution < 1.29 is 8.42 Å². The molecular weight excluding hydrogens is 190 g/mol. The number of unbranched alkanes of at least 4 members (excludes halogenated alkanes) is 1. The minimum absolute atomic E-state index is 0.173. The molecule has 0 radical (unpaired) electrons. The first kappa shape index (κ1) is 10.9. The Labute approximate surface area is 79.3 Å². The Morgan fingerprint density at radius 3 is 2.54 bits per heavy atom. The summed E-state index contributed by atoms with van der Waals surface area (Å²) in [7, 11) is -3.24. The quantitative estimate of drug-likeness (QED) is 0.483. The van der Waals surface area contributed by atoms with E-state index in [2.05, 4.69) is 9.44 Å². The summed E-state index contributed by atoms with van der Waals surface area (Å²) in [5.74, 6) is 0. The molecule has 0 atom stereocenters. The summed E-state index contributed by atoms with van der Waals surface area (Å²) < 4.78 is 27.4. The van der Waals surface area contributed by atoms with Gasteiger partial charge in [-0.1, -0.05) is 0 Å². The summed E-state index contributed by atoms with van der Waals surface area (Å²) in [5.41, 5.74) is 5.28. The van der Waals surface area contributed by atoms with Gasteiger partial charge < -0.3 is 5.73 Å². The summed E-state index contributed by atoms with van der Waals surface area (Å²) in [4.78, 5) is 0. The molecule has 0 unspecified atom stereocenters. The molecule has 4 N–H and O–H groups in total. The topological polar surface area (TPSA) is 84.2 Å². The fourth-order valence-electron chi connectivity index (χ4n) is 0.938. The molecule has 1 fully saturated rings. The summed E-state index contributed by atoms with van der Waals surface area (Å²) in [6, 6.07) is 0.173. The van der Waals surface area contributed by atoms with Gasteiger partial charge in [-0.3, -0.25) is 0 Å². The van der Waals surface area contributed by atoms with Gasteiger partial charge in [0.05, 0.1) is 0 Å². The first-order valence-corrected chi connectivity index (χ1v) is 6.09. The van der Waals surface area contributed by atoms with Crippen molar-refractivity contribution in [2.24, 2.45) is 5.73 Å². The molecule has 78 valence electrons. The van der Waals surface area contributed by atoms with Crippen LogP contribution in [0.3, 0.4) is 0 Å². The van der Waals surface area contributed by atoms with Crippen LogP contribution in [0.15, 0.2) is 0 Å². The molecule has 13 heavy (non-hydrogen) atoms. The van der Waals surface area contributed by atoms with Crippen LogP contribution in [0.25, 0.3) is 0 Å². The van der Waals surface area contributed by atoms with E-state index < -0.39 is 10.2 Å². The maximum Gasteiger partial charge on any atom is 0.277 e. The largest absolute Gasteiger partial charge is 0.330 e. The van der Waals surface area contributed by atoms with Crippen molar-refractivity contribution in [1.29, 1.82) is 0 Å². The zero-order valence-electron chi connectivity index (χ0n) is 7.62. The predicted molar refractivity (Wildman–Crippen MR) is 51.4 cm³/mol. The Bertz CT molecular complexity index is 236. The maximum atomic E-state index is 11.2. The van der Waals surface area contributed by atoms with Gasteiger partial charge in [-0.25, -0.2) is 4.72 Å². The molecule has 0 heterocycles. The number of nitrogens with two attached hydrogens (primary N) is 1. The second kappa shape index (κ2) is 4.90. The van der Waals surface area contributed by atoms with Crippen LogP contribution in [0.5, 0.6) is 0 Å². The molecule has 0 aromatic carbocycles. The number of rotatable bonds is 7. The first-order valence-electron chi connectivity index (χ1n) is 4.61. The molecule has 0 amide bonds. The Kier molecular flexibility index (Phi) is 4.11. The van der Waals surface area contributed by atoms with Gasteiger partial charge in [0.2, 0.25) is 0 Å². The molecule has 0 saturated heterocycles. The van der Waals surface area contributed by atoms with E-state index in [1.54, 1.807) is 0 Å². The van der Waals surface area contributed by atoms with Gasteiger partial charge in [0, 0.05) is 12.6 Å². The monoisotopic (exact) mass is 207 g/mol. The van der Waals surface area contributed by atoms with Gasteiger partial charge in [-0.15, -0.1) is 0 Å². The fourth-order valence-corrected chi connectivity index (χ4v) is 2.11. The lowest BCUT2D eigenvalue weighted by atomic mass is 10.3. The highest BCUT2D eigenvalue weighted by molar-refractivity contribution is 7.87. The van der Waals surface area contributed by atoms with Crippen LogP contribution < -0.4 is 15.2 Å². The predicted octanol–water partition coefficient (Wildman–Crippen LogP) is -0.688. The maximum absolute atomic E-state index is 11.2. The molecule has 5 nitrogen and oxygen atoms in total. The van der Waals surface area contributed by atoms with E-state index in [4.69, 9.17) is 5.73 Å². The van der Waals surface area contributed by atoms with E-state index in [0.717, 1.165) is 25.7 Å². The van der Waals surface area contributed by atoms with E-state index in [1.807, 2.05) is 0 Å². The highest BCUT2D eigenvalue weighted by atomic mass is 32.2. The summed E-state index contributed by atoms with van der Waals surface area (Å²) in [6.45, 7) is 1.08. The van der Waals surface area contributed by atoms with Crippen molar-refractivity contribution in [1.82, 2.24) is 9.44 Å². The Balaban J connectivity index is 2.10. The Morgan fingerprint density at radius 2 is 2.00 bits per heavy atom. The smallest absolute Gasteiger partial charge is 0.277 e. The van der Waals surface area contributed by atoms with Crippen molar-refractivity contribution in [3.05, 3.63) is 0 Å². The molecule has 0 aliphatic heterocycles. The third-order valence-electron chi connectivity index (χ3n) is 1.82. The Morgan fingerprint density at radius 1 is 1.31 bits per heavy atom. The van der Waals surface area contributed by atoms with E-state index in [9.17, 15) is 8.42 Å². The van der Waals surface area contributed by atoms with Crippen LogP contribution >= 0.6 is 0 Å². The number of hydrogen-bond acceptors (Lipinski definition) is 3. The minimum atomic E-state index is -3.24. The zero-order chi connectivity index (χ0) is 9.73. The number of hydrogen-bond donors (Lipinski definition) is 3. The van der Waals surface area contributed by atoms with Gasteiger partial charge in [0.15, 0.2) is 0 Å². The summed E-state index contributed by atoms with van der Waals surface area (Å²) >= 11 is 0. The minimum Gasteiger partial charge on any atom is -0.330 e. The van der Waals surface area contributed by atoms with Gasteiger partial charge in [-0.2, -0.15) is 13.1 Å². The molecule has 1 aliphatic rings. The molecular formula is C7H17N3O2S. The van der Waals surface area contributed by atoms with E-state index in [0.29, 0.717) is 13.1 Å². The van der Waals surface area contributed by atoms with Crippen molar-refractivity contribution in [2.45, 2.75) is 31.7 Å². The van der Waals surface area contributed by atoms with E-state index in [-0.39, 0.29) is 6.04 Å². The Hall–Kier alpha value is -0.170. The SMILES string of the molecule is NCCCCNS(=O)(=O)NC1CC1. The molecule has 1 saturated carbocycles. The number of nitrogens with one attached hydrogen (secondary N) is 2. The fraction of sp³-hybridized carbons (Fsp3) is 1.00. The highest BCUT2D eigenvalue weighted by Crippen LogP contribution is 2.19. The van der Waals surface area contributed by atoms with E-state index >= 15 is 0 Å². The second-order valence-electron chi connectivity index (χ2n) is 3.29. The van der Waals surface area contributed by atoms with Crippen molar-refractivity contribution in [3.63, 3.8) is 0 Å².